The van der Waals surface area contributed by atoms with Gasteiger partial charge in [-0.2, -0.15) is 5.10 Å². The Labute approximate surface area is 94.8 Å². The molecule has 0 aliphatic heterocycles. The topological polar surface area (TPSA) is 88.0 Å². The zero-order valence-corrected chi connectivity index (χ0v) is 10.2. The first-order valence-corrected chi connectivity index (χ1v) is 4.76. The summed E-state index contributed by atoms with van der Waals surface area (Å²) in [6.07, 6.45) is -0.784. The fourth-order valence-corrected chi connectivity index (χ4v) is 0.564. The van der Waals surface area contributed by atoms with E-state index in [1.807, 2.05) is 5.43 Å². The van der Waals surface area contributed by atoms with Crippen molar-refractivity contribution in [3.63, 3.8) is 0 Å². The summed E-state index contributed by atoms with van der Waals surface area (Å²) in [4.78, 5) is 21.2. The molecule has 0 radical (unpaired) electrons. The molecule has 0 saturated carbocycles. The summed E-state index contributed by atoms with van der Waals surface area (Å²) >= 11 is 1.48. The average Bonchev–Trinajstić information content (AvgIpc) is 1.96. The van der Waals surface area contributed by atoms with Crippen molar-refractivity contribution in [2.24, 2.45) is 5.10 Å². The molecule has 0 fully saturated rings. The minimum Gasteiger partial charge on any atom is -0.476 e. The van der Waals surface area contributed by atoms with Gasteiger partial charge >= 0.3 is 12.1 Å². The molecule has 1 amide bonds. The van der Waals surface area contributed by atoms with Crippen LogP contribution in [0.2, 0.25) is 0 Å². The number of amides is 1. The SMILES string of the molecule is CC(C)(C)OC(=O)N/N=C(\I)C(=O)O. The van der Waals surface area contributed by atoms with E-state index in [1.54, 1.807) is 20.8 Å². The highest BCUT2D eigenvalue weighted by Crippen LogP contribution is 2.06. The number of ether oxygens (including phenoxy) is 1. The lowest BCUT2D eigenvalue weighted by molar-refractivity contribution is -0.128. The fourth-order valence-electron chi connectivity index (χ4n) is 0.443. The van der Waals surface area contributed by atoms with Crippen LogP contribution in [0, 0.1) is 0 Å². The van der Waals surface area contributed by atoms with E-state index in [4.69, 9.17) is 9.84 Å². The van der Waals surface area contributed by atoms with Gasteiger partial charge in [-0.3, -0.25) is 0 Å². The summed E-state index contributed by atoms with van der Waals surface area (Å²) in [5, 5.41) is 11.7. The van der Waals surface area contributed by atoms with Gasteiger partial charge in [0.05, 0.1) is 0 Å². The molecular weight excluding hydrogens is 303 g/mol. The number of hydrazone groups is 1. The second kappa shape index (κ2) is 5.13. The summed E-state index contributed by atoms with van der Waals surface area (Å²) < 4.78 is 4.57. The maximum Gasteiger partial charge on any atom is 0.428 e. The molecule has 2 N–H and O–H groups in total. The molecule has 0 rings (SSSR count). The van der Waals surface area contributed by atoms with E-state index in [2.05, 4.69) is 5.10 Å². The van der Waals surface area contributed by atoms with Crippen LogP contribution in [0.5, 0.6) is 0 Å². The average molecular weight is 314 g/mol. The van der Waals surface area contributed by atoms with Crippen LogP contribution >= 0.6 is 22.6 Å². The van der Waals surface area contributed by atoms with Crippen molar-refractivity contribution in [1.82, 2.24) is 5.43 Å². The van der Waals surface area contributed by atoms with Gasteiger partial charge in [0.15, 0.2) is 0 Å². The minimum atomic E-state index is -1.21. The molecule has 80 valence electrons. The maximum absolute atomic E-state index is 10.9. The zero-order chi connectivity index (χ0) is 11.4. The number of nitrogens with zero attached hydrogens (tertiary/aromatic N) is 1. The molecule has 0 aliphatic carbocycles. The van der Waals surface area contributed by atoms with E-state index in [0.29, 0.717) is 0 Å². The van der Waals surface area contributed by atoms with Crippen LogP contribution in [0.4, 0.5) is 4.79 Å². The van der Waals surface area contributed by atoms with E-state index < -0.39 is 17.7 Å². The Hall–Kier alpha value is -0.860. The molecule has 7 heteroatoms. The van der Waals surface area contributed by atoms with Crippen molar-refractivity contribution in [3.05, 3.63) is 0 Å². The van der Waals surface area contributed by atoms with Gasteiger partial charge in [-0.05, 0) is 43.4 Å². The minimum absolute atomic E-state index is 0.242. The molecule has 0 spiro atoms. The number of hydrogen-bond donors (Lipinski definition) is 2. The highest BCUT2D eigenvalue weighted by molar-refractivity contribution is 14.1. The normalized spacial score (nSPS) is 12.1. The number of aliphatic carboxylic acids is 1. The monoisotopic (exact) mass is 314 g/mol. The summed E-state index contributed by atoms with van der Waals surface area (Å²) in [6, 6.07) is 0. The number of carbonyl (C=O) groups is 2. The Balaban J connectivity index is 4.10. The van der Waals surface area contributed by atoms with Gasteiger partial charge in [-0.1, -0.05) is 0 Å². The van der Waals surface area contributed by atoms with Gasteiger partial charge in [0, 0.05) is 0 Å². The number of hydrogen-bond acceptors (Lipinski definition) is 4. The van der Waals surface area contributed by atoms with Gasteiger partial charge in [-0.25, -0.2) is 15.0 Å². The van der Waals surface area contributed by atoms with E-state index >= 15 is 0 Å². The highest BCUT2D eigenvalue weighted by atomic mass is 127. The zero-order valence-electron chi connectivity index (χ0n) is 8.00. The van der Waals surface area contributed by atoms with Gasteiger partial charge in [0.25, 0.3) is 0 Å². The maximum atomic E-state index is 10.9. The molecule has 0 unspecified atom stereocenters. The second-order valence-corrected chi connectivity index (χ2v) is 4.34. The van der Waals surface area contributed by atoms with Crippen molar-refractivity contribution in [2.75, 3.05) is 0 Å². The Kier molecular flexibility index (Phi) is 4.81. The van der Waals surface area contributed by atoms with Crippen LogP contribution in [0.25, 0.3) is 0 Å². The lowest BCUT2D eigenvalue weighted by atomic mass is 10.2. The smallest absolute Gasteiger partial charge is 0.428 e. The summed E-state index contributed by atoms with van der Waals surface area (Å²) in [5.74, 6) is -1.21. The number of nitrogens with one attached hydrogen (secondary N) is 1. The van der Waals surface area contributed by atoms with Crippen LogP contribution in [0.1, 0.15) is 20.8 Å². The van der Waals surface area contributed by atoms with E-state index in [9.17, 15) is 9.59 Å². The van der Waals surface area contributed by atoms with Crippen molar-refractivity contribution >= 4 is 38.4 Å². The first-order chi connectivity index (χ1) is 6.22. The van der Waals surface area contributed by atoms with Crippen molar-refractivity contribution in [3.8, 4) is 0 Å². The summed E-state index contributed by atoms with van der Waals surface area (Å²) in [6.45, 7) is 5.08. The van der Waals surface area contributed by atoms with Gasteiger partial charge in [0.2, 0.25) is 3.72 Å². The van der Waals surface area contributed by atoms with Crippen LogP contribution in [-0.4, -0.2) is 26.5 Å². The predicted molar refractivity (Wildman–Crippen MR) is 58.5 cm³/mol. The molecule has 0 aromatic rings. The lowest BCUT2D eigenvalue weighted by Crippen LogP contribution is -2.30. The largest absolute Gasteiger partial charge is 0.476 e. The molecule has 0 atom stereocenters. The molecule has 0 heterocycles. The fraction of sp³-hybridized carbons (Fsp3) is 0.571. The summed E-state index contributed by atoms with van der Waals surface area (Å²) in [5.41, 5.74) is 1.33. The van der Waals surface area contributed by atoms with Crippen molar-refractivity contribution < 1.29 is 19.4 Å². The van der Waals surface area contributed by atoms with Gasteiger partial charge in [-0.15, -0.1) is 0 Å². The molecule has 0 aromatic carbocycles. The molecule has 6 nitrogen and oxygen atoms in total. The number of carboxylic acids is 1. The molecule has 0 aliphatic rings. The van der Waals surface area contributed by atoms with Crippen molar-refractivity contribution in [1.29, 1.82) is 0 Å². The lowest BCUT2D eigenvalue weighted by Gasteiger charge is -2.18. The quantitative estimate of drug-likeness (QED) is 0.457. The Morgan fingerprint density at radius 2 is 1.93 bits per heavy atom. The Morgan fingerprint density at radius 1 is 1.43 bits per heavy atom. The molecule has 14 heavy (non-hydrogen) atoms. The first-order valence-electron chi connectivity index (χ1n) is 3.68. The van der Waals surface area contributed by atoms with E-state index in [-0.39, 0.29) is 3.72 Å². The van der Waals surface area contributed by atoms with E-state index in [1.165, 1.54) is 22.6 Å². The van der Waals surface area contributed by atoms with Gasteiger partial charge < -0.3 is 9.84 Å². The molecule has 0 aromatic heterocycles. The third kappa shape index (κ3) is 6.63. The number of halogens is 1. The van der Waals surface area contributed by atoms with Crippen LogP contribution < -0.4 is 5.43 Å². The Bertz CT molecular complexity index is 269. The number of rotatable bonds is 2. The van der Waals surface area contributed by atoms with Crippen LogP contribution in [0.3, 0.4) is 0 Å². The molecule has 0 bridgehead atoms. The first kappa shape index (κ1) is 13.1. The second-order valence-electron chi connectivity index (χ2n) is 3.32. The summed E-state index contributed by atoms with van der Waals surface area (Å²) in [7, 11) is 0. The third-order valence-electron chi connectivity index (χ3n) is 0.821. The van der Waals surface area contributed by atoms with Gasteiger partial charge in [0.1, 0.15) is 5.60 Å². The highest BCUT2D eigenvalue weighted by Gasteiger charge is 2.16. The standard InChI is InChI=1S/C7H11IN2O4/c1-7(2,3)14-6(13)10-9-4(8)5(11)12/h1-3H3,(H,10,13)(H,11,12)/b9-4-. The Morgan fingerprint density at radius 3 is 2.29 bits per heavy atom. The molecule has 0 saturated heterocycles. The number of carbonyl (C=O) groups excluding carboxylic acids is 1. The van der Waals surface area contributed by atoms with Crippen LogP contribution in [0.15, 0.2) is 5.10 Å². The van der Waals surface area contributed by atoms with Crippen LogP contribution in [-0.2, 0) is 9.53 Å². The molecular formula is C7H11IN2O4. The third-order valence-corrected chi connectivity index (χ3v) is 1.52. The van der Waals surface area contributed by atoms with Crippen molar-refractivity contribution in [2.45, 2.75) is 26.4 Å². The number of carboxylic acid groups (broad SMARTS) is 1. The predicted octanol–water partition coefficient (Wildman–Crippen LogP) is 1.34. The van der Waals surface area contributed by atoms with E-state index in [0.717, 1.165) is 0 Å².